The van der Waals surface area contributed by atoms with E-state index in [2.05, 4.69) is 4.98 Å². The Balaban J connectivity index is 2.32. The summed E-state index contributed by atoms with van der Waals surface area (Å²) < 4.78 is 34.5. The molecule has 1 saturated heterocycles. The zero-order chi connectivity index (χ0) is 13.6. The summed E-state index contributed by atoms with van der Waals surface area (Å²) in [6.07, 6.45) is 0.764. The van der Waals surface area contributed by atoms with Crippen molar-refractivity contribution in [3.05, 3.63) is 29.6 Å². The fraction of sp³-hybridized carbons (Fsp3) is 0.462. The van der Waals surface area contributed by atoms with Crippen LogP contribution in [0, 0.1) is 11.6 Å². The molecule has 1 unspecified atom stereocenters. The number of benzene rings is 1. The van der Waals surface area contributed by atoms with Gasteiger partial charge in [0, 0.05) is 18.7 Å². The third-order valence-electron chi connectivity index (χ3n) is 3.61. The lowest BCUT2D eigenvalue weighted by Gasteiger charge is -2.26. The van der Waals surface area contributed by atoms with Crippen LogP contribution in [0.1, 0.15) is 19.2 Å². The lowest BCUT2D eigenvalue weighted by molar-refractivity contribution is 0.162. The molecule has 19 heavy (non-hydrogen) atoms. The fourth-order valence-corrected chi connectivity index (χ4v) is 2.86. The van der Waals surface area contributed by atoms with E-state index in [0.717, 1.165) is 12.5 Å². The van der Waals surface area contributed by atoms with Crippen LogP contribution in [-0.4, -0.2) is 22.8 Å². The first kappa shape index (κ1) is 12.8. The monoisotopic (exact) mass is 286 g/mol. The zero-order valence-corrected chi connectivity index (χ0v) is 11.2. The minimum Gasteiger partial charge on any atom is -0.379 e. The molecular weight excluding hydrogens is 274 g/mol. The van der Waals surface area contributed by atoms with Crippen molar-refractivity contribution < 1.29 is 13.5 Å². The SMILES string of the molecule is CC1(n2c(CCl)nc3c(F)cc(F)cc32)CCOC1. The van der Waals surface area contributed by atoms with Crippen LogP contribution in [0.15, 0.2) is 12.1 Å². The molecule has 0 spiro atoms. The molecule has 1 aromatic heterocycles. The molecule has 1 aliphatic rings. The van der Waals surface area contributed by atoms with Gasteiger partial charge in [-0.05, 0) is 13.3 Å². The third kappa shape index (κ3) is 1.92. The lowest BCUT2D eigenvalue weighted by atomic mass is 10.0. The first-order valence-corrected chi connectivity index (χ1v) is 6.59. The van der Waals surface area contributed by atoms with Crippen molar-refractivity contribution in [3.63, 3.8) is 0 Å². The Hall–Kier alpha value is -1.20. The Morgan fingerprint density at radius 3 is 2.89 bits per heavy atom. The van der Waals surface area contributed by atoms with Crippen molar-refractivity contribution in [2.75, 3.05) is 13.2 Å². The minimum absolute atomic E-state index is 0.144. The number of fused-ring (bicyclic) bond motifs is 1. The summed E-state index contributed by atoms with van der Waals surface area (Å²) in [5.74, 6) is -0.600. The normalized spacial score (nSPS) is 23.4. The van der Waals surface area contributed by atoms with E-state index in [9.17, 15) is 8.78 Å². The Bertz CT molecular complexity index is 635. The summed E-state index contributed by atoms with van der Waals surface area (Å²) in [7, 11) is 0. The van der Waals surface area contributed by atoms with Gasteiger partial charge in [-0.1, -0.05) is 0 Å². The van der Waals surface area contributed by atoms with Gasteiger partial charge in [-0.3, -0.25) is 0 Å². The first-order valence-electron chi connectivity index (χ1n) is 6.06. The lowest BCUT2D eigenvalue weighted by Crippen LogP contribution is -2.31. The van der Waals surface area contributed by atoms with Gasteiger partial charge in [0.05, 0.1) is 23.5 Å². The molecule has 3 nitrogen and oxygen atoms in total. The maximum absolute atomic E-state index is 13.8. The standard InChI is InChI=1S/C13H13ClF2N2O/c1-13(2-3-19-7-13)18-10-5-8(15)4-9(16)12(10)17-11(18)6-14/h4-5H,2-3,6-7H2,1H3. The van der Waals surface area contributed by atoms with E-state index in [0.29, 0.717) is 24.6 Å². The van der Waals surface area contributed by atoms with Crippen molar-refractivity contribution in [2.24, 2.45) is 0 Å². The van der Waals surface area contributed by atoms with Gasteiger partial charge in [-0.2, -0.15) is 0 Å². The smallest absolute Gasteiger partial charge is 0.153 e. The summed E-state index contributed by atoms with van der Waals surface area (Å²) in [5, 5.41) is 0. The molecule has 2 heterocycles. The molecule has 0 N–H and O–H groups in total. The predicted octanol–water partition coefficient (Wildman–Crippen LogP) is 3.19. The van der Waals surface area contributed by atoms with Crippen molar-refractivity contribution in [2.45, 2.75) is 24.8 Å². The highest BCUT2D eigenvalue weighted by Crippen LogP contribution is 2.34. The van der Waals surface area contributed by atoms with Gasteiger partial charge >= 0.3 is 0 Å². The van der Waals surface area contributed by atoms with Crippen LogP contribution >= 0.6 is 11.6 Å². The van der Waals surface area contributed by atoms with Gasteiger partial charge in [0.2, 0.25) is 0 Å². The van der Waals surface area contributed by atoms with Crippen LogP contribution in [0.5, 0.6) is 0 Å². The molecule has 1 fully saturated rings. The highest BCUT2D eigenvalue weighted by molar-refractivity contribution is 6.16. The number of halogens is 3. The maximum atomic E-state index is 13.8. The average molecular weight is 287 g/mol. The number of imidazole rings is 1. The summed E-state index contributed by atoms with van der Waals surface area (Å²) in [6.45, 7) is 3.09. The summed E-state index contributed by atoms with van der Waals surface area (Å²) >= 11 is 5.90. The minimum atomic E-state index is -0.664. The van der Waals surface area contributed by atoms with E-state index >= 15 is 0 Å². The van der Waals surface area contributed by atoms with E-state index in [1.807, 2.05) is 11.5 Å². The molecule has 0 radical (unpaired) electrons. The van der Waals surface area contributed by atoms with E-state index in [-0.39, 0.29) is 16.9 Å². The molecule has 2 aromatic rings. The largest absolute Gasteiger partial charge is 0.379 e. The van der Waals surface area contributed by atoms with Gasteiger partial charge < -0.3 is 9.30 Å². The highest BCUT2D eigenvalue weighted by atomic mass is 35.5. The summed E-state index contributed by atoms with van der Waals surface area (Å²) in [6, 6.07) is 2.14. The molecule has 1 atom stereocenters. The molecule has 0 aliphatic carbocycles. The quantitative estimate of drug-likeness (QED) is 0.793. The number of hydrogen-bond acceptors (Lipinski definition) is 2. The van der Waals surface area contributed by atoms with Crippen LogP contribution in [0.4, 0.5) is 8.78 Å². The van der Waals surface area contributed by atoms with E-state index in [1.54, 1.807) is 0 Å². The third-order valence-corrected chi connectivity index (χ3v) is 3.84. The number of hydrogen-bond donors (Lipinski definition) is 0. The number of alkyl halides is 1. The molecule has 1 aromatic carbocycles. The number of rotatable bonds is 2. The van der Waals surface area contributed by atoms with Crippen LogP contribution in [0.3, 0.4) is 0 Å². The second-order valence-electron chi connectivity index (χ2n) is 5.05. The van der Waals surface area contributed by atoms with Gasteiger partial charge in [0.15, 0.2) is 5.82 Å². The van der Waals surface area contributed by atoms with Crippen LogP contribution in [-0.2, 0) is 16.2 Å². The number of nitrogens with zero attached hydrogens (tertiary/aromatic N) is 2. The topological polar surface area (TPSA) is 27.1 Å². The fourth-order valence-electron chi connectivity index (χ4n) is 2.68. The Morgan fingerprint density at radius 2 is 2.26 bits per heavy atom. The number of ether oxygens (including phenoxy) is 1. The highest BCUT2D eigenvalue weighted by Gasteiger charge is 2.35. The Labute approximate surface area is 114 Å². The Kier molecular flexibility index (Phi) is 2.98. The molecule has 0 bridgehead atoms. The number of aromatic nitrogens is 2. The molecule has 1 aliphatic heterocycles. The van der Waals surface area contributed by atoms with Gasteiger partial charge in [-0.15, -0.1) is 11.6 Å². The van der Waals surface area contributed by atoms with E-state index in [4.69, 9.17) is 16.3 Å². The van der Waals surface area contributed by atoms with Crippen LogP contribution < -0.4 is 0 Å². The van der Waals surface area contributed by atoms with Crippen molar-refractivity contribution in [3.8, 4) is 0 Å². The van der Waals surface area contributed by atoms with Crippen LogP contribution in [0.2, 0.25) is 0 Å². The summed E-state index contributed by atoms with van der Waals surface area (Å²) in [5.41, 5.74) is 0.227. The van der Waals surface area contributed by atoms with Crippen molar-refractivity contribution in [1.29, 1.82) is 0 Å². The molecule has 6 heteroatoms. The van der Waals surface area contributed by atoms with Gasteiger partial charge in [0.1, 0.15) is 17.2 Å². The second kappa shape index (κ2) is 4.42. The zero-order valence-electron chi connectivity index (χ0n) is 10.4. The Morgan fingerprint density at radius 1 is 1.47 bits per heavy atom. The predicted molar refractivity (Wildman–Crippen MR) is 68.3 cm³/mol. The van der Waals surface area contributed by atoms with Crippen molar-refractivity contribution >= 4 is 22.6 Å². The van der Waals surface area contributed by atoms with Gasteiger partial charge in [-0.25, -0.2) is 13.8 Å². The van der Waals surface area contributed by atoms with Gasteiger partial charge in [0.25, 0.3) is 0 Å². The van der Waals surface area contributed by atoms with Crippen molar-refractivity contribution in [1.82, 2.24) is 9.55 Å². The molecular formula is C13H13ClF2N2O. The first-order chi connectivity index (χ1) is 9.05. The average Bonchev–Trinajstić information content (AvgIpc) is 2.93. The molecule has 102 valence electrons. The van der Waals surface area contributed by atoms with E-state index in [1.165, 1.54) is 6.07 Å². The molecule has 3 rings (SSSR count). The molecule has 0 amide bonds. The van der Waals surface area contributed by atoms with Crippen LogP contribution in [0.25, 0.3) is 11.0 Å². The maximum Gasteiger partial charge on any atom is 0.153 e. The molecule has 0 saturated carbocycles. The second-order valence-corrected chi connectivity index (χ2v) is 5.32. The van der Waals surface area contributed by atoms with E-state index < -0.39 is 11.6 Å². The summed E-state index contributed by atoms with van der Waals surface area (Å²) in [4.78, 5) is 4.20.